The van der Waals surface area contributed by atoms with Crippen LogP contribution in [-0.4, -0.2) is 67.7 Å². The number of aliphatic hydroxyl groups excluding tert-OH is 1. The molecule has 0 radical (unpaired) electrons. The van der Waals surface area contributed by atoms with Crippen LogP contribution in [0.4, 0.5) is 0 Å². The molecule has 1 heterocycles. The third kappa shape index (κ3) is 5.03. The van der Waals surface area contributed by atoms with E-state index in [4.69, 9.17) is 5.11 Å². The first-order chi connectivity index (χ1) is 11.5. The molecule has 5 heteroatoms. The van der Waals surface area contributed by atoms with Gasteiger partial charge in [-0.1, -0.05) is 24.3 Å². The Hall–Kier alpha value is -1.43. The third-order valence-corrected chi connectivity index (χ3v) is 4.94. The van der Waals surface area contributed by atoms with Crippen LogP contribution in [0.1, 0.15) is 30.0 Å². The normalized spacial score (nSPS) is 17.9. The molecule has 2 N–H and O–H groups in total. The Morgan fingerprint density at radius 1 is 1.33 bits per heavy atom. The summed E-state index contributed by atoms with van der Waals surface area (Å²) in [6, 6.07) is 7.83. The molecule has 0 aliphatic carbocycles. The minimum absolute atomic E-state index is 0.0760. The summed E-state index contributed by atoms with van der Waals surface area (Å²) in [5, 5.41) is 12.2. The number of β-amino-alcohol motifs (C(OH)–C–C–N with tert-alkyl or cyclic N) is 1. The topological polar surface area (TPSA) is 55.8 Å². The van der Waals surface area contributed by atoms with Crippen molar-refractivity contribution in [2.24, 2.45) is 5.92 Å². The number of amides is 1. The highest BCUT2D eigenvalue weighted by molar-refractivity contribution is 5.83. The molecule has 24 heavy (non-hydrogen) atoms. The van der Waals surface area contributed by atoms with Crippen LogP contribution in [-0.2, 0) is 4.79 Å². The molecule has 0 bridgehead atoms. The zero-order valence-corrected chi connectivity index (χ0v) is 15.2. The molecule has 0 saturated carbocycles. The number of carbonyl (C=O) groups is 1. The number of hydrogen-bond acceptors (Lipinski definition) is 4. The quantitative estimate of drug-likeness (QED) is 0.792. The number of nitrogens with zero attached hydrogens (tertiary/aromatic N) is 2. The Morgan fingerprint density at radius 2 is 2.00 bits per heavy atom. The number of aryl methyl sites for hydroxylation is 1. The van der Waals surface area contributed by atoms with Gasteiger partial charge in [0.2, 0.25) is 5.91 Å². The molecule has 1 aromatic rings. The Labute approximate surface area is 145 Å². The lowest BCUT2D eigenvalue weighted by atomic mass is 9.96. The van der Waals surface area contributed by atoms with E-state index in [2.05, 4.69) is 23.2 Å². The average molecular weight is 333 g/mol. The number of nitrogens with one attached hydrogen (secondary N) is 1. The SMILES string of the molecule is Cc1ccccc1[C@@H](C(=O)NCC1CCN(CCO)CC1)N(C)C. The zero-order valence-electron chi connectivity index (χ0n) is 15.2. The van der Waals surface area contributed by atoms with Gasteiger partial charge in [-0.3, -0.25) is 9.69 Å². The summed E-state index contributed by atoms with van der Waals surface area (Å²) in [6.45, 7) is 5.79. The lowest BCUT2D eigenvalue weighted by Crippen LogP contribution is -2.42. The molecule has 1 saturated heterocycles. The molecule has 0 spiro atoms. The highest BCUT2D eigenvalue weighted by Crippen LogP contribution is 2.22. The van der Waals surface area contributed by atoms with Gasteiger partial charge in [0, 0.05) is 13.1 Å². The van der Waals surface area contributed by atoms with Crippen molar-refractivity contribution in [3.63, 3.8) is 0 Å². The van der Waals surface area contributed by atoms with E-state index in [0.717, 1.165) is 50.1 Å². The number of rotatable bonds is 7. The summed E-state index contributed by atoms with van der Waals surface area (Å²) < 4.78 is 0. The van der Waals surface area contributed by atoms with Gasteiger partial charge in [-0.05, 0) is 64.0 Å². The Kier molecular flexibility index (Phi) is 7.21. The van der Waals surface area contributed by atoms with Crippen molar-refractivity contribution in [2.75, 3.05) is 46.9 Å². The minimum Gasteiger partial charge on any atom is -0.395 e. The van der Waals surface area contributed by atoms with E-state index in [1.807, 2.05) is 37.2 Å². The number of likely N-dealkylation sites (tertiary alicyclic amines) is 1. The molecule has 1 fully saturated rings. The molecule has 5 nitrogen and oxygen atoms in total. The van der Waals surface area contributed by atoms with Crippen molar-refractivity contribution < 1.29 is 9.90 Å². The summed E-state index contributed by atoms with van der Waals surface area (Å²) in [6.07, 6.45) is 2.16. The van der Waals surface area contributed by atoms with Gasteiger partial charge in [-0.2, -0.15) is 0 Å². The Bertz CT molecular complexity index is 525. The molecule has 1 atom stereocenters. The second-order valence-electron chi connectivity index (χ2n) is 6.98. The van der Waals surface area contributed by atoms with Gasteiger partial charge in [-0.15, -0.1) is 0 Å². The fourth-order valence-electron chi connectivity index (χ4n) is 3.44. The van der Waals surface area contributed by atoms with Gasteiger partial charge in [0.25, 0.3) is 0 Å². The van der Waals surface area contributed by atoms with Gasteiger partial charge in [0.1, 0.15) is 6.04 Å². The second kappa shape index (κ2) is 9.16. The van der Waals surface area contributed by atoms with Gasteiger partial charge in [0.05, 0.1) is 6.61 Å². The van der Waals surface area contributed by atoms with Crippen LogP contribution < -0.4 is 5.32 Å². The minimum atomic E-state index is -0.249. The van der Waals surface area contributed by atoms with Crippen LogP contribution in [0, 0.1) is 12.8 Å². The molecule has 0 unspecified atom stereocenters. The molecule has 0 aromatic heterocycles. The predicted octanol–water partition coefficient (Wildman–Crippen LogP) is 1.42. The van der Waals surface area contributed by atoms with Crippen molar-refractivity contribution in [1.82, 2.24) is 15.1 Å². The molecular formula is C19H31N3O2. The van der Waals surface area contributed by atoms with Gasteiger partial charge in [-0.25, -0.2) is 0 Å². The molecule has 1 amide bonds. The van der Waals surface area contributed by atoms with Crippen molar-refractivity contribution >= 4 is 5.91 Å². The maximum atomic E-state index is 12.8. The number of likely N-dealkylation sites (N-methyl/N-ethyl adjacent to an activating group) is 1. The number of aliphatic hydroxyl groups is 1. The van der Waals surface area contributed by atoms with Gasteiger partial charge < -0.3 is 15.3 Å². The first-order valence-corrected chi connectivity index (χ1v) is 8.85. The van der Waals surface area contributed by atoms with Crippen LogP contribution in [0.2, 0.25) is 0 Å². The maximum absolute atomic E-state index is 12.8. The molecule has 1 aliphatic heterocycles. The van der Waals surface area contributed by atoms with E-state index in [9.17, 15) is 4.79 Å². The predicted molar refractivity (Wildman–Crippen MR) is 96.9 cm³/mol. The van der Waals surface area contributed by atoms with E-state index in [0.29, 0.717) is 5.92 Å². The number of piperidine rings is 1. The van der Waals surface area contributed by atoms with Gasteiger partial charge in [0.15, 0.2) is 0 Å². The standard InChI is InChI=1S/C19H31N3O2/c1-15-6-4-5-7-17(15)18(21(2)3)19(24)20-14-16-8-10-22(11-9-16)12-13-23/h4-7,16,18,23H,8-14H2,1-3H3,(H,20,24)/t18-/m0/s1. The summed E-state index contributed by atoms with van der Waals surface area (Å²) in [4.78, 5) is 17.0. The molecule has 1 aromatic carbocycles. The van der Waals surface area contributed by atoms with E-state index >= 15 is 0 Å². The van der Waals surface area contributed by atoms with Crippen molar-refractivity contribution in [3.8, 4) is 0 Å². The number of carbonyl (C=O) groups excluding carboxylic acids is 1. The summed E-state index contributed by atoms with van der Waals surface area (Å²) >= 11 is 0. The monoisotopic (exact) mass is 333 g/mol. The molecule has 134 valence electrons. The maximum Gasteiger partial charge on any atom is 0.241 e. The smallest absolute Gasteiger partial charge is 0.241 e. The lowest BCUT2D eigenvalue weighted by Gasteiger charge is -2.32. The van der Waals surface area contributed by atoms with Crippen LogP contribution in [0.3, 0.4) is 0 Å². The molecule has 1 aliphatic rings. The van der Waals surface area contributed by atoms with E-state index in [1.165, 1.54) is 0 Å². The number of hydrogen-bond donors (Lipinski definition) is 2. The third-order valence-electron chi connectivity index (χ3n) is 4.94. The Morgan fingerprint density at radius 3 is 2.58 bits per heavy atom. The van der Waals surface area contributed by atoms with Crippen molar-refractivity contribution in [1.29, 1.82) is 0 Å². The van der Waals surface area contributed by atoms with Crippen LogP contribution in [0.15, 0.2) is 24.3 Å². The zero-order chi connectivity index (χ0) is 17.5. The summed E-state index contributed by atoms with van der Waals surface area (Å²) in [7, 11) is 3.90. The van der Waals surface area contributed by atoms with Crippen LogP contribution in [0.25, 0.3) is 0 Å². The fraction of sp³-hybridized carbons (Fsp3) is 0.632. The van der Waals surface area contributed by atoms with E-state index < -0.39 is 0 Å². The summed E-state index contributed by atoms with van der Waals surface area (Å²) in [5.74, 6) is 0.607. The van der Waals surface area contributed by atoms with E-state index in [-0.39, 0.29) is 18.6 Å². The highest BCUT2D eigenvalue weighted by Gasteiger charge is 2.25. The molecular weight excluding hydrogens is 302 g/mol. The first-order valence-electron chi connectivity index (χ1n) is 8.85. The fourth-order valence-corrected chi connectivity index (χ4v) is 3.44. The summed E-state index contributed by atoms with van der Waals surface area (Å²) in [5.41, 5.74) is 2.21. The Balaban J connectivity index is 1.89. The van der Waals surface area contributed by atoms with Crippen LogP contribution >= 0.6 is 0 Å². The number of benzene rings is 1. The van der Waals surface area contributed by atoms with Crippen molar-refractivity contribution in [3.05, 3.63) is 35.4 Å². The first kappa shape index (κ1) is 18.9. The average Bonchev–Trinajstić information content (AvgIpc) is 2.56. The highest BCUT2D eigenvalue weighted by atomic mass is 16.3. The van der Waals surface area contributed by atoms with Crippen molar-refractivity contribution in [2.45, 2.75) is 25.8 Å². The largest absolute Gasteiger partial charge is 0.395 e. The lowest BCUT2D eigenvalue weighted by molar-refractivity contribution is -0.126. The molecule has 2 rings (SSSR count). The van der Waals surface area contributed by atoms with Crippen LogP contribution in [0.5, 0.6) is 0 Å². The van der Waals surface area contributed by atoms with Gasteiger partial charge >= 0.3 is 0 Å². The second-order valence-corrected chi connectivity index (χ2v) is 6.98. The van der Waals surface area contributed by atoms with E-state index in [1.54, 1.807) is 0 Å².